The molecule has 0 saturated heterocycles. The summed E-state index contributed by atoms with van der Waals surface area (Å²) in [7, 11) is 1.94. The summed E-state index contributed by atoms with van der Waals surface area (Å²) in [5.41, 5.74) is 11.8. The van der Waals surface area contributed by atoms with E-state index in [2.05, 4.69) is 61.2 Å². The van der Waals surface area contributed by atoms with Crippen LogP contribution in [0.2, 0.25) is 0 Å². The van der Waals surface area contributed by atoms with Crippen molar-refractivity contribution in [3.63, 3.8) is 0 Å². The minimum Gasteiger partial charge on any atom is -0.466 e. The molecule has 5 aromatic carbocycles. The van der Waals surface area contributed by atoms with Crippen molar-refractivity contribution >= 4 is 91.1 Å². The topological polar surface area (TPSA) is 307 Å². The van der Waals surface area contributed by atoms with Crippen molar-refractivity contribution in [2.24, 2.45) is 5.92 Å². The maximum Gasteiger partial charge on any atom is 0.345 e. The van der Waals surface area contributed by atoms with Crippen molar-refractivity contribution in [3.8, 4) is 0 Å². The number of H-pyrrole nitrogens is 5. The van der Waals surface area contributed by atoms with Gasteiger partial charge in [-0.25, -0.2) is 56.5 Å². The molecule has 15 rings (SSSR count). The van der Waals surface area contributed by atoms with Gasteiger partial charge >= 0.3 is 29.8 Å². The van der Waals surface area contributed by atoms with Gasteiger partial charge in [-0.1, -0.05) is 60.7 Å². The van der Waals surface area contributed by atoms with Gasteiger partial charge in [-0.2, -0.15) is 0 Å². The number of rotatable bonds is 26. The van der Waals surface area contributed by atoms with Gasteiger partial charge < -0.3 is 59.0 Å². The number of carbonyl (C=O) groups is 5. The Morgan fingerprint density at radius 2 is 0.750 bits per heavy atom. The zero-order chi connectivity index (χ0) is 85.3. The number of aliphatic hydroxyl groups is 1. The number of aromatic amines is 5. The standard InChI is InChI=1S/C21H21FN2O4.C18H17FN2O2.C17H18FN3.C16H15FN2O.C14H15FO4.C7H6N2/c1-3-27-20(25)18(21(26)28-4-2)17(13-7-9-14(22)10-8-13)16-12-24-19-15(16)6-5-11-23-19;1-2-23-17(22)10-15(12-5-7-13(19)8-6-12)16-11-21-18-14(16)4-3-9-20-18;1-19-10-8-14(12-4-6-13(18)7-5-12)16-11-21-17-15(16)3-2-9-20-17;17-12-5-3-11(4-6-12)13(7-9-20)15-10-19-16-14(15)2-1-8-18-16;1-3-18-13(16)12(14(17)19-4-2)9-10-5-7-11(15)8-6-10;1-2-6-3-5-9-7(6)8-4-1/h5-12,17-18H,3-4H2,1-2H3,(H,23,24);3-9,11,15H,2,10H2,1H3,(H,20,21);2-7,9,11,14,19H,8,10H2,1H3,(H,20,21);1-6,8,10,13,20H,7,9H2,(H,18,19);5-9H,3-4H2,1-2H3;1-5H,(H,8,9). The average Bonchev–Trinajstić information content (AvgIpc) is 1.61. The number of aliphatic hydroxyl groups excluding tert-OH is 1. The third kappa shape index (κ3) is 24.0. The fourth-order valence-corrected chi connectivity index (χ4v) is 13.6. The molecule has 4 unspecified atom stereocenters. The van der Waals surface area contributed by atoms with Crippen molar-refractivity contribution in [3.05, 3.63) is 335 Å². The van der Waals surface area contributed by atoms with Gasteiger partial charge in [-0.05, 0) is 245 Å². The molecule has 0 radical (unpaired) electrons. The number of hydrogen-bond acceptors (Lipinski definition) is 17. The summed E-state index contributed by atoms with van der Waals surface area (Å²) in [4.78, 5) is 97.6. The fourth-order valence-electron chi connectivity index (χ4n) is 13.6. The average molecular weight is 1630 g/mol. The molecule has 4 atom stereocenters. The van der Waals surface area contributed by atoms with E-state index in [4.69, 9.17) is 23.7 Å². The Hall–Kier alpha value is -13.8. The quantitative estimate of drug-likeness (QED) is 0.00662. The third-order valence-corrected chi connectivity index (χ3v) is 19.1. The molecule has 27 heteroatoms. The van der Waals surface area contributed by atoms with Gasteiger partial charge in [-0.3, -0.25) is 14.4 Å². The maximum absolute atomic E-state index is 13.5. The van der Waals surface area contributed by atoms with Crippen LogP contribution in [0.15, 0.2) is 256 Å². The van der Waals surface area contributed by atoms with Gasteiger partial charge in [-0.15, -0.1) is 0 Å². The highest BCUT2D eigenvalue weighted by Gasteiger charge is 2.41. The van der Waals surface area contributed by atoms with Crippen molar-refractivity contribution < 1.29 is 74.7 Å². The summed E-state index contributed by atoms with van der Waals surface area (Å²) in [6, 6.07) is 51.8. The maximum atomic E-state index is 13.5. The van der Waals surface area contributed by atoms with Crippen LogP contribution >= 0.6 is 0 Å². The number of nitrogens with one attached hydrogen (secondary N) is 6. The molecule has 0 fully saturated rings. The molecule has 22 nitrogen and oxygen atoms in total. The van der Waals surface area contributed by atoms with E-state index in [1.54, 1.807) is 114 Å². The molecule has 0 aliphatic rings. The Bertz CT molecular complexity index is 5730. The van der Waals surface area contributed by atoms with Crippen LogP contribution in [0.25, 0.3) is 61.2 Å². The van der Waals surface area contributed by atoms with Gasteiger partial charge in [0.2, 0.25) is 0 Å². The molecule has 10 aromatic heterocycles. The van der Waals surface area contributed by atoms with E-state index in [1.165, 1.54) is 84.4 Å². The molecule has 0 spiro atoms. The lowest BCUT2D eigenvalue weighted by molar-refractivity contribution is -0.162. The van der Waals surface area contributed by atoms with Gasteiger partial charge in [0.05, 0.1) is 39.5 Å². The van der Waals surface area contributed by atoms with Crippen molar-refractivity contribution in [1.29, 1.82) is 0 Å². The highest BCUT2D eigenvalue weighted by atomic mass is 19.1. The van der Waals surface area contributed by atoms with Crippen LogP contribution in [0, 0.1) is 35.0 Å². The summed E-state index contributed by atoms with van der Waals surface area (Å²) in [6.07, 6.45) is 21.1. The van der Waals surface area contributed by atoms with Gasteiger partial charge in [0.15, 0.2) is 5.92 Å². The Balaban J connectivity index is 0.000000154. The first-order valence-corrected chi connectivity index (χ1v) is 39.0. The molecule has 620 valence electrons. The molecule has 7 N–H and O–H groups in total. The predicted octanol–water partition coefficient (Wildman–Crippen LogP) is 17.9. The van der Waals surface area contributed by atoms with E-state index in [0.29, 0.717) is 35.4 Å². The molecule has 120 heavy (non-hydrogen) atoms. The first-order valence-electron chi connectivity index (χ1n) is 39.0. The van der Waals surface area contributed by atoms with Crippen LogP contribution in [-0.2, 0) is 47.7 Å². The largest absolute Gasteiger partial charge is 0.466 e. The summed E-state index contributed by atoms with van der Waals surface area (Å²) in [6.45, 7) is 10.3. The van der Waals surface area contributed by atoms with E-state index in [0.717, 1.165) is 90.3 Å². The van der Waals surface area contributed by atoms with Gasteiger partial charge in [0.25, 0.3) is 0 Å². The van der Waals surface area contributed by atoms with E-state index in [9.17, 15) is 51.0 Å². The zero-order valence-corrected chi connectivity index (χ0v) is 66.9. The molecule has 0 saturated carbocycles. The van der Waals surface area contributed by atoms with Gasteiger partial charge in [0, 0.05) is 119 Å². The summed E-state index contributed by atoms with van der Waals surface area (Å²) in [5.74, 6) is -6.66. The number of esters is 5. The third-order valence-electron chi connectivity index (χ3n) is 19.1. The first-order chi connectivity index (χ1) is 58.4. The number of hydrogen-bond donors (Lipinski definition) is 7. The second-order valence-electron chi connectivity index (χ2n) is 26.8. The number of benzene rings is 5. The Morgan fingerprint density at radius 3 is 1.14 bits per heavy atom. The molecule has 10 heterocycles. The number of fused-ring (bicyclic) bond motifs is 5. The number of pyridine rings is 5. The minimum atomic E-state index is -1.23. The zero-order valence-electron chi connectivity index (χ0n) is 66.9. The highest BCUT2D eigenvalue weighted by molar-refractivity contribution is 6.17. The van der Waals surface area contributed by atoms with E-state index in [-0.39, 0.29) is 86.2 Å². The van der Waals surface area contributed by atoms with Crippen molar-refractivity contribution in [2.45, 2.75) is 77.6 Å². The van der Waals surface area contributed by atoms with Crippen LogP contribution in [0.5, 0.6) is 0 Å². The van der Waals surface area contributed by atoms with E-state index in [1.807, 2.05) is 98.6 Å². The van der Waals surface area contributed by atoms with E-state index < -0.39 is 47.3 Å². The molecular weight excluding hydrogens is 1540 g/mol. The Morgan fingerprint density at radius 1 is 0.400 bits per heavy atom. The number of ether oxygens (including phenoxy) is 5. The van der Waals surface area contributed by atoms with Crippen LogP contribution < -0.4 is 5.32 Å². The minimum absolute atomic E-state index is 0.0264. The number of halogens is 5. The highest BCUT2D eigenvalue weighted by Crippen LogP contribution is 2.40. The van der Waals surface area contributed by atoms with E-state index >= 15 is 0 Å². The lowest BCUT2D eigenvalue weighted by Crippen LogP contribution is -2.34. The second kappa shape index (κ2) is 45.1. The number of carbonyl (C=O) groups excluding carboxylic acids is 5. The number of aromatic nitrogens is 10. The summed E-state index contributed by atoms with van der Waals surface area (Å²) < 4.78 is 90.7. The molecule has 0 bridgehead atoms. The normalized spacial score (nSPS) is 11.8. The lowest BCUT2D eigenvalue weighted by Gasteiger charge is -2.24. The molecular formula is C93H92F5N11O11. The molecule has 0 amide bonds. The molecule has 15 aromatic rings. The SMILES string of the molecule is CCOC(=O)C(=Cc1ccc(F)cc1)C(=O)OCC.CCOC(=O)C(C(=O)OCC)C(c1ccc(F)cc1)c1c[nH]c2ncccc12.CCOC(=O)CC(c1ccc(F)cc1)c1c[nH]c2ncccc12.CNCCC(c1ccc(F)cc1)c1c[nH]c2ncccc12.OCCC(c1ccc(F)cc1)c1c[nH]c2ncccc12.c1cnc2[nH]ccc2c1. The summed E-state index contributed by atoms with van der Waals surface area (Å²) in [5, 5.41) is 17.6. The van der Waals surface area contributed by atoms with Crippen LogP contribution in [0.3, 0.4) is 0 Å². The lowest BCUT2D eigenvalue weighted by atomic mass is 9.80. The smallest absolute Gasteiger partial charge is 0.345 e. The molecule has 0 aliphatic carbocycles. The number of nitrogens with zero attached hydrogens (tertiary/aromatic N) is 5. The van der Waals surface area contributed by atoms with Crippen molar-refractivity contribution in [2.75, 3.05) is 53.2 Å². The van der Waals surface area contributed by atoms with Crippen LogP contribution in [0.4, 0.5) is 22.0 Å². The molecule has 0 aliphatic heterocycles. The predicted molar refractivity (Wildman–Crippen MR) is 449 cm³/mol. The monoisotopic (exact) mass is 1630 g/mol. The van der Waals surface area contributed by atoms with Crippen LogP contribution in [-0.4, -0.2) is 138 Å². The Kier molecular flexibility index (Phi) is 33.3. The van der Waals surface area contributed by atoms with Crippen molar-refractivity contribution in [1.82, 2.24) is 55.2 Å². The second-order valence-corrected chi connectivity index (χ2v) is 26.8. The van der Waals surface area contributed by atoms with Crippen LogP contribution in [0.1, 0.15) is 128 Å². The Labute approximate surface area is 689 Å². The fraction of sp³-hybridized carbons (Fsp3) is 0.226. The first kappa shape index (κ1) is 88.6. The summed E-state index contributed by atoms with van der Waals surface area (Å²) >= 11 is 0. The van der Waals surface area contributed by atoms with Gasteiger partial charge in [0.1, 0.15) is 62.9 Å².